The Labute approximate surface area is 165 Å². The van der Waals surface area contributed by atoms with Crippen LogP contribution in [0.15, 0.2) is 42.5 Å². The summed E-state index contributed by atoms with van der Waals surface area (Å²) in [5.74, 6) is -0.382. The second-order valence-electron chi connectivity index (χ2n) is 6.94. The Balaban J connectivity index is 1.74. The van der Waals surface area contributed by atoms with Crippen molar-refractivity contribution < 1.29 is 17.6 Å². The van der Waals surface area contributed by atoms with Crippen molar-refractivity contribution in [3.63, 3.8) is 0 Å². The number of hydrogen-bond acceptors (Lipinski definition) is 4. The van der Waals surface area contributed by atoms with Gasteiger partial charge in [0.15, 0.2) is 0 Å². The lowest BCUT2D eigenvalue weighted by molar-refractivity contribution is 0.0746. The number of carbonyl (C=O) groups excluding carboxylic acids is 1. The molecule has 1 aliphatic rings. The highest BCUT2D eigenvalue weighted by Crippen LogP contribution is 2.26. The number of anilines is 2. The highest BCUT2D eigenvalue weighted by Gasteiger charge is 2.25. The van der Waals surface area contributed by atoms with E-state index in [1.54, 1.807) is 42.2 Å². The summed E-state index contributed by atoms with van der Waals surface area (Å²) in [7, 11) is -1.93. The first kappa shape index (κ1) is 20.1. The standard InChI is InChI=1S/C20H24FN3O3S/c1-15-18(5-4-6-19(15)22(2)28(3,26)27)20(25)24-13-11-23(12-14-24)17-9-7-16(21)8-10-17/h4-10H,11-14H2,1-3H3. The minimum Gasteiger partial charge on any atom is -0.368 e. The van der Waals surface area contributed by atoms with Gasteiger partial charge in [-0.1, -0.05) is 6.07 Å². The molecule has 0 spiro atoms. The maximum Gasteiger partial charge on any atom is 0.254 e. The molecule has 150 valence electrons. The number of benzene rings is 2. The van der Waals surface area contributed by atoms with Crippen LogP contribution in [0.3, 0.4) is 0 Å². The van der Waals surface area contributed by atoms with Crippen LogP contribution in [-0.4, -0.2) is 58.7 Å². The van der Waals surface area contributed by atoms with Crippen molar-refractivity contribution in [1.29, 1.82) is 0 Å². The Morgan fingerprint density at radius 2 is 1.64 bits per heavy atom. The molecule has 0 saturated carbocycles. The quantitative estimate of drug-likeness (QED) is 0.784. The molecule has 1 fully saturated rings. The van der Waals surface area contributed by atoms with Crippen LogP contribution in [-0.2, 0) is 10.0 Å². The maximum atomic E-state index is 13.1. The predicted molar refractivity (Wildman–Crippen MR) is 109 cm³/mol. The first-order valence-corrected chi connectivity index (χ1v) is 10.9. The Morgan fingerprint density at radius 1 is 1.04 bits per heavy atom. The van der Waals surface area contributed by atoms with Crippen molar-refractivity contribution in [2.45, 2.75) is 6.92 Å². The number of sulfonamides is 1. The Bertz CT molecular complexity index is 969. The van der Waals surface area contributed by atoms with E-state index in [0.29, 0.717) is 43.0 Å². The van der Waals surface area contributed by atoms with Crippen LogP contribution < -0.4 is 9.21 Å². The van der Waals surface area contributed by atoms with Crippen LogP contribution in [0.1, 0.15) is 15.9 Å². The number of piperazine rings is 1. The zero-order valence-corrected chi connectivity index (χ0v) is 17.0. The van der Waals surface area contributed by atoms with Crippen molar-refractivity contribution in [2.24, 2.45) is 0 Å². The molecule has 2 aromatic carbocycles. The van der Waals surface area contributed by atoms with E-state index in [-0.39, 0.29) is 11.7 Å². The van der Waals surface area contributed by atoms with Crippen molar-refractivity contribution in [3.05, 3.63) is 59.4 Å². The first-order chi connectivity index (χ1) is 13.2. The molecule has 0 bridgehead atoms. The molecule has 6 nitrogen and oxygen atoms in total. The Hall–Kier alpha value is -2.61. The molecule has 0 unspecified atom stereocenters. The number of nitrogens with zero attached hydrogens (tertiary/aromatic N) is 3. The lowest BCUT2D eigenvalue weighted by Crippen LogP contribution is -2.49. The van der Waals surface area contributed by atoms with E-state index in [0.717, 1.165) is 11.9 Å². The topological polar surface area (TPSA) is 60.9 Å². The van der Waals surface area contributed by atoms with Gasteiger partial charge >= 0.3 is 0 Å². The minimum absolute atomic E-state index is 0.111. The number of halogens is 1. The smallest absolute Gasteiger partial charge is 0.254 e. The average Bonchev–Trinajstić information content (AvgIpc) is 2.67. The fraction of sp³-hybridized carbons (Fsp3) is 0.350. The van der Waals surface area contributed by atoms with Gasteiger partial charge < -0.3 is 9.80 Å². The molecule has 8 heteroatoms. The van der Waals surface area contributed by atoms with Gasteiger partial charge in [-0.3, -0.25) is 9.10 Å². The third-order valence-corrected chi connectivity index (χ3v) is 6.32. The molecule has 0 aliphatic carbocycles. The second-order valence-corrected chi connectivity index (χ2v) is 8.95. The molecular weight excluding hydrogens is 381 g/mol. The molecule has 0 aromatic heterocycles. The number of rotatable bonds is 4. The van der Waals surface area contributed by atoms with Gasteiger partial charge in [-0.2, -0.15) is 0 Å². The van der Waals surface area contributed by atoms with Gasteiger partial charge in [0.1, 0.15) is 5.82 Å². The molecule has 28 heavy (non-hydrogen) atoms. The lowest BCUT2D eigenvalue weighted by Gasteiger charge is -2.36. The third kappa shape index (κ3) is 4.11. The summed E-state index contributed by atoms with van der Waals surface area (Å²) < 4.78 is 38.0. The highest BCUT2D eigenvalue weighted by molar-refractivity contribution is 7.92. The lowest BCUT2D eigenvalue weighted by atomic mass is 10.0. The zero-order chi connectivity index (χ0) is 20.5. The van der Waals surface area contributed by atoms with Gasteiger partial charge in [-0.15, -0.1) is 0 Å². The van der Waals surface area contributed by atoms with Gasteiger partial charge in [0.25, 0.3) is 5.91 Å². The summed E-state index contributed by atoms with van der Waals surface area (Å²) in [5, 5.41) is 0. The van der Waals surface area contributed by atoms with Crippen LogP contribution in [0.2, 0.25) is 0 Å². The Morgan fingerprint density at radius 3 is 2.21 bits per heavy atom. The fourth-order valence-corrected chi connectivity index (χ4v) is 3.92. The molecule has 1 aliphatic heterocycles. The van der Waals surface area contributed by atoms with E-state index >= 15 is 0 Å². The minimum atomic E-state index is -3.41. The summed E-state index contributed by atoms with van der Waals surface area (Å²) in [6.07, 6.45) is 1.13. The maximum absolute atomic E-state index is 13.1. The molecular formula is C20H24FN3O3S. The van der Waals surface area contributed by atoms with E-state index in [2.05, 4.69) is 4.90 Å². The van der Waals surface area contributed by atoms with Crippen LogP contribution in [0.25, 0.3) is 0 Å². The normalized spacial score (nSPS) is 14.9. The molecule has 3 rings (SSSR count). The molecule has 0 N–H and O–H groups in total. The van der Waals surface area contributed by atoms with E-state index in [4.69, 9.17) is 0 Å². The second kappa shape index (κ2) is 7.79. The van der Waals surface area contributed by atoms with Gasteiger partial charge in [-0.05, 0) is 48.9 Å². The molecule has 1 heterocycles. The summed E-state index contributed by atoms with van der Waals surface area (Å²) in [6, 6.07) is 11.5. The van der Waals surface area contributed by atoms with Crippen LogP contribution in [0.4, 0.5) is 15.8 Å². The monoisotopic (exact) mass is 405 g/mol. The first-order valence-electron chi connectivity index (χ1n) is 9.02. The van der Waals surface area contributed by atoms with Crippen LogP contribution in [0.5, 0.6) is 0 Å². The number of carbonyl (C=O) groups is 1. The summed E-state index contributed by atoms with van der Waals surface area (Å²) in [4.78, 5) is 16.9. The van der Waals surface area contributed by atoms with Crippen molar-refractivity contribution >= 4 is 27.3 Å². The Kier molecular flexibility index (Phi) is 5.60. The SMILES string of the molecule is Cc1c(C(=O)N2CCN(c3ccc(F)cc3)CC2)cccc1N(C)S(C)(=O)=O. The van der Waals surface area contributed by atoms with Crippen molar-refractivity contribution in [3.8, 4) is 0 Å². The molecule has 0 radical (unpaired) electrons. The van der Waals surface area contributed by atoms with Crippen molar-refractivity contribution in [1.82, 2.24) is 4.90 Å². The fourth-order valence-electron chi connectivity index (χ4n) is 3.36. The molecule has 1 amide bonds. The molecule has 1 saturated heterocycles. The number of amides is 1. The van der Waals surface area contributed by atoms with Gasteiger partial charge in [0, 0.05) is 44.5 Å². The molecule has 2 aromatic rings. The van der Waals surface area contributed by atoms with E-state index in [1.807, 2.05) is 0 Å². The van der Waals surface area contributed by atoms with E-state index in [9.17, 15) is 17.6 Å². The van der Waals surface area contributed by atoms with Gasteiger partial charge in [0.05, 0.1) is 11.9 Å². The van der Waals surface area contributed by atoms with Gasteiger partial charge in [-0.25, -0.2) is 12.8 Å². The van der Waals surface area contributed by atoms with E-state index in [1.165, 1.54) is 23.5 Å². The van der Waals surface area contributed by atoms with E-state index < -0.39 is 10.0 Å². The van der Waals surface area contributed by atoms with Gasteiger partial charge in [0.2, 0.25) is 10.0 Å². The summed E-state index contributed by atoms with van der Waals surface area (Å²) in [5.41, 5.74) is 2.57. The van der Waals surface area contributed by atoms with Crippen LogP contribution >= 0.6 is 0 Å². The summed E-state index contributed by atoms with van der Waals surface area (Å²) >= 11 is 0. The number of hydrogen-bond donors (Lipinski definition) is 0. The average molecular weight is 405 g/mol. The highest BCUT2D eigenvalue weighted by atomic mass is 32.2. The third-order valence-electron chi connectivity index (χ3n) is 5.13. The molecule has 0 atom stereocenters. The van der Waals surface area contributed by atoms with Crippen LogP contribution in [0, 0.1) is 12.7 Å². The largest absolute Gasteiger partial charge is 0.368 e. The zero-order valence-electron chi connectivity index (χ0n) is 16.2. The van der Waals surface area contributed by atoms with Crippen molar-refractivity contribution in [2.75, 3.05) is 48.7 Å². The summed E-state index contributed by atoms with van der Waals surface area (Å²) in [6.45, 7) is 4.15. The predicted octanol–water partition coefficient (Wildman–Crippen LogP) is 2.49.